The van der Waals surface area contributed by atoms with Crippen molar-refractivity contribution >= 4 is 5.91 Å². The van der Waals surface area contributed by atoms with E-state index in [9.17, 15) is 15.0 Å². The van der Waals surface area contributed by atoms with E-state index >= 15 is 0 Å². The van der Waals surface area contributed by atoms with Crippen molar-refractivity contribution in [3.05, 3.63) is 29.8 Å². The van der Waals surface area contributed by atoms with E-state index in [0.29, 0.717) is 17.9 Å². The lowest BCUT2D eigenvalue weighted by Crippen LogP contribution is -2.42. The molecule has 1 aliphatic rings. The SMILES string of the molecule is CCN1NC(c2ccc(OC)cc2)C(O)(O)C1=O. The number of nitrogens with zero attached hydrogens (tertiary/aromatic N) is 1. The molecule has 0 radical (unpaired) electrons. The number of rotatable bonds is 3. The third-order valence-electron chi connectivity index (χ3n) is 3.01. The number of ether oxygens (including phenoxy) is 1. The molecule has 3 N–H and O–H groups in total. The molecule has 6 heteroatoms. The highest BCUT2D eigenvalue weighted by molar-refractivity contribution is 5.86. The van der Waals surface area contributed by atoms with Crippen LogP contribution in [0.4, 0.5) is 0 Å². The van der Waals surface area contributed by atoms with Gasteiger partial charge in [0.15, 0.2) is 0 Å². The van der Waals surface area contributed by atoms with Gasteiger partial charge in [-0.25, -0.2) is 5.43 Å². The van der Waals surface area contributed by atoms with Gasteiger partial charge in [-0.1, -0.05) is 12.1 Å². The molecular formula is C12H16N2O4. The number of benzene rings is 1. The van der Waals surface area contributed by atoms with Gasteiger partial charge in [-0.05, 0) is 24.6 Å². The van der Waals surface area contributed by atoms with Crippen LogP contribution in [-0.4, -0.2) is 40.6 Å². The smallest absolute Gasteiger partial charge is 0.298 e. The topological polar surface area (TPSA) is 82.0 Å². The molecule has 1 heterocycles. The highest BCUT2D eigenvalue weighted by atomic mass is 16.5. The molecule has 1 amide bonds. The number of methoxy groups -OCH3 is 1. The first-order valence-corrected chi connectivity index (χ1v) is 5.67. The molecule has 1 atom stereocenters. The van der Waals surface area contributed by atoms with Crippen molar-refractivity contribution in [2.24, 2.45) is 0 Å². The normalized spacial score (nSPS) is 22.3. The van der Waals surface area contributed by atoms with Crippen LogP contribution in [0, 0.1) is 0 Å². The molecule has 1 aromatic rings. The third kappa shape index (κ3) is 1.94. The predicted molar refractivity (Wildman–Crippen MR) is 63.4 cm³/mol. The Morgan fingerprint density at radius 1 is 1.39 bits per heavy atom. The van der Waals surface area contributed by atoms with Crippen molar-refractivity contribution in [3.63, 3.8) is 0 Å². The molecule has 0 aromatic heterocycles. The van der Waals surface area contributed by atoms with Gasteiger partial charge < -0.3 is 14.9 Å². The molecule has 1 unspecified atom stereocenters. The Morgan fingerprint density at radius 3 is 2.44 bits per heavy atom. The number of carbonyl (C=O) groups excluding carboxylic acids is 1. The zero-order chi connectivity index (χ0) is 13.3. The monoisotopic (exact) mass is 252 g/mol. The Balaban J connectivity index is 2.29. The van der Waals surface area contributed by atoms with Gasteiger partial charge in [-0.2, -0.15) is 0 Å². The maximum absolute atomic E-state index is 11.7. The van der Waals surface area contributed by atoms with E-state index in [2.05, 4.69) is 5.43 Å². The molecule has 0 spiro atoms. The number of carbonyl (C=O) groups is 1. The second kappa shape index (κ2) is 4.56. The Bertz CT molecular complexity index is 444. The van der Waals surface area contributed by atoms with Crippen LogP contribution >= 0.6 is 0 Å². The van der Waals surface area contributed by atoms with Crippen LogP contribution in [0.2, 0.25) is 0 Å². The summed E-state index contributed by atoms with van der Waals surface area (Å²) in [4.78, 5) is 11.7. The molecule has 1 fully saturated rings. The zero-order valence-corrected chi connectivity index (χ0v) is 10.3. The molecule has 1 saturated heterocycles. The van der Waals surface area contributed by atoms with E-state index in [1.807, 2.05) is 0 Å². The Kier molecular flexibility index (Phi) is 3.25. The molecule has 18 heavy (non-hydrogen) atoms. The second-order valence-corrected chi connectivity index (χ2v) is 4.11. The van der Waals surface area contributed by atoms with Gasteiger partial charge in [-0.15, -0.1) is 0 Å². The number of amides is 1. The molecule has 0 saturated carbocycles. The number of nitrogens with one attached hydrogen (secondary N) is 1. The van der Waals surface area contributed by atoms with Crippen LogP contribution in [0.3, 0.4) is 0 Å². The van der Waals surface area contributed by atoms with E-state index in [1.54, 1.807) is 38.3 Å². The quantitative estimate of drug-likeness (QED) is 0.648. The van der Waals surface area contributed by atoms with Crippen LogP contribution in [0.1, 0.15) is 18.5 Å². The summed E-state index contributed by atoms with van der Waals surface area (Å²) in [6.07, 6.45) is 0. The van der Waals surface area contributed by atoms with Crippen LogP contribution in [0.15, 0.2) is 24.3 Å². The van der Waals surface area contributed by atoms with Crippen LogP contribution in [-0.2, 0) is 4.79 Å². The largest absolute Gasteiger partial charge is 0.497 e. The van der Waals surface area contributed by atoms with Gasteiger partial charge in [0.1, 0.15) is 11.8 Å². The van der Waals surface area contributed by atoms with Gasteiger partial charge in [0.2, 0.25) is 0 Å². The molecular weight excluding hydrogens is 236 g/mol. The van der Waals surface area contributed by atoms with Crippen molar-refractivity contribution in [2.75, 3.05) is 13.7 Å². The number of aliphatic hydroxyl groups is 2. The molecule has 98 valence electrons. The maximum atomic E-state index is 11.7. The Labute approximate surface area is 105 Å². The average molecular weight is 252 g/mol. The highest BCUT2D eigenvalue weighted by Gasteiger charge is 2.52. The van der Waals surface area contributed by atoms with Crippen LogP contribution in [0.25, 0.3) is 0 Å². The Morgan fingerprint density at radius 2 is 2.00 bits per heavy atom. The minimum atomic E-state index is -2.43. The summed E-state index contributed by atoms with van der Waals surface area (Å²) in [7, 11) is 1.55. The van der Waals surface area contributed by atoms with Crippen LogP contribution in [0.5, 0.6) is 5.75 Å². The lowest BCUT2D eigenvalue weighted by atomic mass is 10.00. The summed E-state index contributed by atoms with van der Waals surface area (Å²) in [6, 6.07) is 5.89. The van der Waals surface area contributed by atoms with E-state index < -0.39 is 17.7 Å². The summed E-state index contributed by atoms with van der Waals surface area (Å²) < 4.78 is 5.02. The van der Waals surface area contributed by atoms with Gasteiger partial charge in [0, 0.05) is 6.54 Å². The molecule has 0 bridgehead atoms. The average Bonchev–Trinajstić information content (AvgIpc) is 2.61. The second-order valence-electron chi connectivity index (χ2n) is 4.11. The highest BCUT2D eigenvalue weighted by Crippen LogP contribution is 2.32. The minimum absolute atomic E-state index is 0.356. The predicted octanol–water partition coefficient (Wildman–Crippen LogP) is -0.216. The third-order valence-corrected chi connectivity index (χ3v) is 3.01. The van der Waals surface area contributed by atoms with Crippen molar-refractivity contribution in [3.8, 4) is 5.75 Å². The maximum Gasteiger partial charge on any atom is 0.298 e. The summed E-state index contributed by atoms with van der Waals surface area (Å²) in [5.74, 6) is -2.51. The first-order valence-electron chi connectivity index (χ1n) is 5.67. The number of hydrogen-bond donors (Lipinski definition) is 3. The summed E-state index contributed by atoms with van der Waals surface area (Å²) in [6.45, 7) is 2.10. The molecule has 6 nitrogen and oxygen atoms in total. The van der Waals surface area contributed by atoms with Crippen molar-refractivity contribution < 1.29 is 19.7 Å². The molecule has 1 aliphatic heterocycles. The number of hydrogen-bond acceptors (Lipinski definition) is 5. The van der Waals surface area contributed by atoms with Crippen LogP contribution < -0.4 is 10.2 Å². The van der Waals surface area contributed by atoms with Crippen molar-refractivity contribution in [2.45, 2.75) is 18.8 Å². The summed E-state index contributed by atoms with van der Waals surface area (Å²) in [5.41, 5.74) is 3.38. The molecule has 2 rings (SSSR count). The molecule has 0 aliphatic carbocycles. The zero-order valence-electron chi connectivity index (χ0n) is 10.3. The van der Waals surface area contributed by atoms with Gasteiger partial charge in [0.25, 0.3) is 11.7 Å². The summed E-state index contributed by atoms with van der Waals surface area (Å²) in [5, 5.41) is 20.9. The minimum Gasteiger partial charge on any atom is -0.497 e. The van der Waals surface area contributed by atoms with E-state index in [4.69, 9.17) is 4.74 Å². The first-order chi connectivity index (χ1) is 8.50. The standard InChI is InChI=1S/C12H16N2O4/c1-3-14-11(15)12(16,17)10(13-14)8-4-6-9(18-2)7-5-8/h4-7,10,13,16-17H,3H2,1-2H3. The van der Waals surface area contributed by atoms with Crippen molar-refractivity contribution in [1.82, 2.24) is 10.4 Å². The Hall–Kier alpha value is -1.63. The summed E-state index contributed by atoms with van der Waals surface area (Å²) >= 11 is 0. The number of hydrazine groups is 1. The fourth-order valence-electron chi connectivity index (χ4n) is 1.96. The van der Waals surface area contributed by atoms with E-state index in [-0.39, 0.29) is 0 Å². The molecule has 1 aromatic carbocycles. The van der Waals surface area contributed by atoms with Gasteiger partial charge in [-0.3, -0.25) is 9.80 Å². The lowest BCUT2D eigenvalue weighted by molar-refractivity contribution is -0.186. The first kappa shape index (κ1) is 12.8. The van der Waals surface area contributed by atoms with Crippen molar-refractivity contribution in [1.29, 1.82) is 0 Å². The number of likely N-dealkylation sites (N-methyl/N-ethyl adjacent to an activating group) is 1. The fourth-order valence-corrected chi connectivity index (χ4v) is 1.96. The lowest BCUT2D eigenvalue weighted by Gasteiger charge is -2.20. The van der Waals surface area contributed by atoms with Gasteiger partial charge in [0.05, 0.1) is 7.11 Å². The fraction of sp³-hybridized carbons (Fsp3) is 0.417. The van der Waals surface area contributed by atoms with E-state index in [1.165, 1.54) is 5.01 Å². The van der Waals surface area contributed by atoms with E-state index in [0.717, 1.165) is 0 Å². The van der Waals surface area contributed by atoms with Gasteiger partial charge >= 0.3 is 0 Å².